The van der Waals surface area contributed by atoms with E-state index in [4.69, 9.17) is 5.14 Å². The van der Waals surface area contributed by atoms with Crippen LogP contribution in [0.15, 0.2) is 28.6 Å². The molecule has 1 amide bonds. The molecule has 0 aliphatic heterocycles. The van der Waals surface area contributed by atoms with Crippen molar-refractivity contribution in [1.82, 2.24) is 10.2 Å². The van der Waals surface area contributed by atoms with Crippen LogP contribution in [0.1, 0.15) is 10.4 Å². The number of benzene rings is 1. The number of non-ortho nitro benzene ring substituents is 1. The SMILES string of the molecule is NS(=O)(=O)c1nnc(NC(=O)c2ccc([N+](=O)[O-])cc2)s1. The normalized spacial score (nSPS) is 11.1. The molecule has 0 aliphatic rings. The molecule has 0 saturated carbocycles. The summed E-state index contributed by atoms with van der Waals surface area (Å²) >= 11 is 0.596. The number of nitrogens with one attached hydrogen (secondary N) is 1. The first kappa shape index (κ1) is 15.0. The summed E-state index contributed by atoms with van der Waals surface area (Å²) < 4.78 is 21.6. The van der Waals surface area contributed by atoms with E-state index in [1.807, 2.05) is 0 Å². The lowest BCUT2D eigenvalue weighted by atomic mass is 10.2. The van der Waals surface area contributed by atoms with Crippen molar-refractivity contribution in [1.29, 1.82) is 0 Å². The van der Waals surface area contributed by atoms with Crippen LogP contribution in [-0.2, 0) is 10.0 Å². The number of nitrogens with two attached hydrogens (primary N) is 1. The highest BCUT2D eigenvalue weighted by Crippen LogP contribution is 2.19. The number of carbonyl (C=O) groups is 1. The molecule has 110 valence electrons. The van der Waals surface area contributed by atoms with E-state index in [1.165, 1.54) is 24.3 Å². The van der Waals surface area contributed by atoms with Crippen LogP contribution in [0.2, 0.25) is 0 Å². The average molecular weight is 329 g/mol. The third kappa shape index (κ3) is 3.56. The average Bonchev–Trinajstić information content (AvgIpc) is 2.87. The van der Waals surface area contributed by atoms with Crippen molar-refractivity contribution in [2.45, 2.75) is 4.34 Å². The van der Waals surface area contributed by atoms with Crippen LogP contribution in [0.5, 0.6) is 0 Å². The molecular formula is C9H7N5O5S2. The molecule has 12 heteroatoms. The lowest BCUT2D eigenvalue weighted by Crippen LogP contribution is -2.11. The molecule has 0 atom stereocenters. The summed E-state index contributed by atoms with van der Waals surface area (Å²) in [5, 5.41) is 24.4. The highest BCUT2D eigenvalue weighted by atomic mass is 32.2. The van der Waals surface area contributed by atoms with Crippen LogP contribution in [0.25, 0.3) is 0 Å². The fourth-order valence-electron chi connectivity index (χ4n) is 1.28. The van der Waals surface area contributed by atoms with E-state index in [1.54, 1.807) is 0 Å². The molecule has 0 bridgehead atoms. The van der Waals surface area contributed by atoms with Gasteiger partial charge in [0.2, 0.25) is 9.47 Å². The van der Waals surface area contributed by atoms with Gasteiger partial charge in [-0.1, -0.05) is 11.3 Å². The van der Waals surface area contributed by atoms with E-state index in [2.05, 4.69) is 15.5 Å². The van der Waals surface area contributed by atoms with Gasteiger partial charge in [0, 0.05) is 17.7 Å². The highest BCUT2D eigenvalue weighted by molar-refractivity contribution is 7.91. The van der Waals surface area contributed by atoms with E-state index >= 15 is 0 Å². The molecule has 0 saturated heterocycles. The Balaban J connectivity index is 2.14. The Labute approximate surface area is 121 Å². The van der Waals surface area contributed by atoms with E-state index in [0.29, 0.717) is 11.3 Å². The summed E-state index contributed by atoms with van der Waals surface area (Å²) in [6.45, 7) is 0. The van der Waals surface area contributed by atoms with Crippen molar-refractivity contribution < 1.29 is 18.1 Å². The fraction of sp³-hybridized carbons (Fsp3) is 0. The number of carbonyl (C=O) groups excluding carboxylic acids is 1. The minimum absolute atomic E-state index is 0.0534. The smallest absolute Gasteiger partial charge is 0.269 e. The van der Waals surface area contributed by atoms with Crippen LogP contribution >= 0.6 is 11.3 Å². The maximum absolute atomic E-state index is 11.8. The molecule has 1 aromatic carbocycles. The molecule has 0 spiro atoms. The lowest BCUT2D eigenvalue weighted by molar-refractivity contribution is -0.384. The molecule has 0 fully saturated rings. The third-order valence-electron chi connectivity index (χ3n) is 2.21. The number of primary sulfonamides is 1. The van der Waals surface area contributed by atoms with Crippen molar-refractivity contribution in [3.05, 3.63) is 39.9 Å². The van der Waals surface area contributed by atoms with Gasteiger partial charge < -0.3 is 0 Å². The molecule has 3 N–H and O–H groups in total. The Morgan fingerprint density at radius 2 is 1.90 bits per heavy atom. The standard InChI is InChI=1S/C9H7N5O5S2/c10-21(18,19)9-13-12-8(20-9)11-7(15)5-1-3-6(4-2-5)14(16)17/h1-4H,(H2,10,18,19)(H,11,12,15). The number of hydrogen-bond acceptors (Lipinski definition) is 8. The number of amides is 1. The molecule has 21 heavy (non-hydrogen) atoms. The zero-order chi connectivity index (χ0) is 15.6. The Bertz CT molecular complexity index is 798. The van der Waals surface area contributed by atoms with Crippen LogP contribution in [-0.4, -0.2) is 29.4 Å². The van der Waals surface area contributed by atoms with E-state index < -0.39 is 25.2 Å². The van der Waals surface area contributed by atoms with Crippen molar-refractivity contribution >= 4 is 38.1 Å². The lowest BCUT2D eigenvalue weighted by Gasteiger charge is -2.00. The Hall–Kier alpha value is -2.44. The summed E-state index contributed by atoms with van der Waals surface area (Å²) in [5.41, 5.74) is -0.00747. The Morgan fingerprint density at radius 1 is 1.29 bits per heavy atom. The van der Waals surface area contributed by atoms with Crippen LogP contribution in [0.4, 0.5) is 10.8 Å². The molecular weight excluding hydrogens is 322 g/mol. The van der Waals surface area contributed by atoms with Crippen molar-refractivity contribution in [3.8, 4) is 0 Å². The zero-order valence-electron chi connectivity index (χ0n) is 10.1. The molecule has 1 heterocycles. The molecule has 2 rings (SSSR count). The highest BCUT2D eigenvalue weighted by Gasteiger charge is 2.17. The maximum Gasteiger partial charge on any atom is 0.269 e. The van der Waals surface area contributed by atoms with Crippen molar-refractivity contribution in [2.24, 2.45) is 5.14 Å². The van der Waals surface area contributed by atoms with Gasteiger partial charge in [-0.25, -0.2) is 13.6 Å². The monoisotopic (exact) mass is 329 g/mol. The second-order valence-electron chi connectivity index (χ2n) is 3.68. The summed E-state index contributed by atoms with van der Waals surface area (Å²) in [6, 6.07) is 4.86. The number of nitrogens with zero attached hydrogens (tertiary/aromatic N) is 3. The largest absolute Gasteiger partial charge is 0.296 e. The minimum Gasteiger partial charge on any atom is -0.296 e. The van der Waals surface area contributed by atoms with Crippen LogP contribution < -0.4 is 10.5 Å². The van der Waals surface area contributed by atoms with E-state index in [-0.39, 0.29) is 16.4 Å². The Morgan fingerprint density at radius 3 is 2.38 bits per heavy atom. The first-order valence-electron chi connectivity index (χ1n) is 5.19. The quantitative estimate of drug-likeness (QED) is 0.465. The second kappa shape index (κ2) is 5.51. The number of rotatable bonds is 4. The number of anilines is 1. The minimum atomic E-state index is -3.98. The van der Waals surface area contributed by atoms with Gasteiger partial charge in [-0.2, -0.15) is 0 Å². The van der Waals surface area contributed by atoms with Gasteiger partial charge in [-0.05, 0) is 12.1 Å². The summed E-state index contributed by atoms with van der Waals surface area (Å²) in [5.74, 6) is -0.609. The first-order chi connectivity index (χ1) is 9.77. The van der Waals surface area contributed by atoms with Gasteiger partial charge in [0.15, 0.2) is 0 Å². The first-order valence-corrected chi connectivity index (χ1v) is 7.56. The molecule has 1 aromatic heterocycles. The molecule has 2 aromatic rings. The summed E-state index contributed by atoms with van der Waals surface area (Å²) in [6.07, 6.45) is 0. The maximum atomic E-state index is 11.8. The number of nitro benzene ring substituents is 1. The predicted molar refractivity (Wildman–Crippen MR) is 72.3 cm³/mol. The van der Waals surface area contributed by atoms with Gasteiger partial charge in [-0.3, -0.25) is 20.2 Å². The molecule has 0 radical (unpaired) electrons. The Kier molecular flexibility index (Phi) is 3.93. The predicted octanol–water partition coefficient (Wildman–Crippen LogP) is 0.346. The van der Waals surface area contributed by atoms with Crippen molar-refractivity contribution in [3.63, 3.8) is 0 Å². The number of nitro groups is 1. The molecule has 0 unspecified atom stereocenters. The molecule has 10 nitrogen and oxygen atoms in total. The number of aromatic nitrogens is 2. The fourth-order valence-corrected chi connectivity index (χ4v) is 2.61. The number of hydrogen-bond donors (Lipinski definition) is 2. The van der Waals surface area contributed by atoms with Crippen molar-refractivity contribution in [2.75, 3.05) is 5.32 Å². The summed E-state index contributed by atoms with van der Waals surface area (Å²) in [7, 11) is -3.98. The summed E-state index contributed by atoms with van der Waals surface area (Å²) in [4.78, 5) is 21.7. The topological polar surface area (TPSA) is 158 Å². The van der Waals surface area contributed by atoms with Crippen LogP contribution in [0, 0.1) is 10.1 Å². The van der Waals surface area contributed by atoms with E-state index in [9.17, 15) is 23.3 Å². The van der Waals surface area contributed by atoms with Gasteiger partial charge in [0.1, 0.15) is 0 Å². The van der Waals surface area contributed by atoms with Gasteiger partial charge in [0.25, 0.3) is 21.6 Å². The van der Waals surface area contributed by atoms with E-state index in [0.717, 1.165) is 0 Å². The second-order valence-corrected chi connectivity index (χ2v) is 6.39. The van der Waals surface area contributed by atoms with Crippen LogP contribution in [0.3, 0.4) is 0 Å². The number of sulfonamides is 1. The molecule has 0 aliphatic carbocycles. The van der Waals surface area contributed by atoms with Gasteiger partial charge in [0.05, 0.1) is 4.92 Å². The van der Waals surface area contributed by atoms with Gasteiger partial charge >= 0.3 is 0 Å². The van der Waals surface area contributed by atoms with Gasteiger partial charge in [-0.15, -0.1) is 10.2 Å². The third-order valence-corrected chi connectivity index (χ3v) is 4.36. The zero-order valence-corrected chi connectivity index (χ0v) is 11.7.